The number of benzene rings is 2. The number of carbonyl (C=O) groups excluding carboxylic acids is 12. The predicted octanol–water partition coefficient (Wildman–Crippen LogP) is -4.17. The Labute approximate surface area is 538 Å². The van der Waals surface area contributed by atoms with Gasteiger partial charge in [-0.25, -0.2) is 0 Å². The molecule has 30 nitrogen and oxygen atoms in total. The van der Waals surface area contributed by atoms with Crippen LogP contribution in [-0.2, 0) is 70.4 Å². The lowest BCUT2D eigenvalue weighted by atomic mass is 9.94. The predicted molar refractivity (Wildman–Crippen MR) is 333 cm³/mol. The molecule has 12 amide bonds. The monoisotopic (exact) mass is 1300 g/mol. The summed E-state index contributed by atoms with van der Waals surface area (Å²) in [5.74, 6) is -12.3. The third-order valence-electron chi connectivity index (χ3n) is 16.1. The second-order valence-electron chi connectivity index (χ2n) is 23.8. The van der Waals surface area contributed by atoms with Gasteiger partial charge in [0.25, 0.3) is 17.7 Å². The lowest BCUT2D eigenvalue weighted by Gasteiger charge is -2.33. The zero-order chi connectivity index (χ0) is 68.6. The number of amides is 12. The van der Waals surface area contributed by atoms with Crippen LogP contribution in [0.15, 0.2) is 84.2 Å². The van der Waals surface area contributed by atoms with Gasteiger partial charge in [0.1, 0.15) is 53.7 Å². The van der Waals surface area contributed by atoms with Crippen molar-refractivity contribution in [3.63, 3.8) is 0 Å². The van der Waals surface area contributed by atoms with E-state index >= 15 is 0 Å². The number of nitrogens with two attached hydrogens (primary N) is 1. The summed E-state index contributed by atoms with van der Waals surface area (Å²) < 4.78 is 0. The van der Waals surface area contributed by atoms with E-state index in [0.717, 1.165) is 28.4 Å². The van der Waals surface area contributed by atoms with E-state index in [-0.39, 0.29) is 64.0 Å². The first kappa shape index (κ1) is 75.0. The minimum Gasteiger partial charge on any atom is -0.394 e. The number of fused-ring (bicyclic) bond motifs is 2. The minimum absolute atomic E-state index is 0.00627. The summed E-state index contributed by atoms with van der Waals surface area (Å²) in [7, 11) is 0. The Balaban J connectivity index is 1.55. The van der Waals surface area contributed by atoms with Gasteiger partial charge in [0, 0.05) is 32.4 Å². The molecule has 3 fully saturated rings. The fraction of sp³-hybridized carbons (Fsp3) is 0.556. The summed E-state index contributed by atoms with van der Waals surface area (Å²) in [6.45, 7) is 5.50. The maximum atomic E-state index is 14.9. The average Bonchev–Trinajstić information content (AvgIpc) is 1.80. The van der Waals surface area contributed by atoms with Crippen LogP contribution in [0.25, 0.3) is 0 Å². The molecule has 3 saturated heterocycles. The number of aliphatic hydroxyl groups excluding tert-OH is 6. The molecule has 510 valence electrons. The van der Waals surface area contributed by atoms with Crippen molar-refractivity contribution >= 4 is 70.9 Å². The second kappa shape index (κ2) is 36.5. The molecule has 2 aromatic rings. The van der Waals surface area contributed by atoms with Crippen LogP contribution in [0.2, 0.25) is 0 Å². The van der Waals surface area contributed by atoms with Crippen LogP contribution in [0.1, 0.15) is 110 Å². The minimum atomic E-state index is -2.35. The number of carbonyl (C=O) groups is 12. The highest BCUT2D eigenvalue weighted by atomic mass is 16.3. The number of hydrogen-bond donors (Lipinski definition) is 16. The Bertz CT molecular complexity index is 3020. The lowest BCUT2D eigenvalue weighted by molar-refractivity contribution is -0.143. The van der Waals surface area contributed by atoms with Crippen molar-refractivity contribution < 1.29 is 88.2 Å². The van der Waals surface area contributed by atoms with Crippen LogP contribution in [0.5, 0.6) is 0 Å². The third-order valence-corrected chi connectivity index (χ3v) is 16.1. The molecule has 6 unspecified atom stereocenters. The fourth-order valence-corrected chi connectivity index (χ4v) is 11.1. The molecule has 30 heteroatoms. The number of rotatable bonds is 17. The van der Waals surface area contributed by atoms with Gasteiger partial charge in [0.15, 0.2) is 6.10 Å². The molecule has 0 aliphatic carbocycles. The van der Waals surface area contributed by atoms with Gasteiger partial charge >= 0.3 is 0 Å². The maximum absolute atomic E-state index is 14.9. The van der Waals surface area contributed by atoms with Gasteiger partial charge in [-0.05, 0) is 95.6 Å². The third kappa shape index (κ3) is 22.5. The van der Waals surface area contributed by atoms with Crippen LogP contribution < -0.4 is 53.6 Å². The number of aryl methyl sites for hydroxylation is 1. The van der Waals surface area contributed by atoms with E-state index in [1.54, 1.807) is 74.5 Å². The van der Waals surface area contributed by atoms with E-state index < -0.39 is 200 Å². The van der Waals surface area contributed by atoms with Crippen LogP contribution in [0.4, 0.5) is 0 Å². The molecule has 3 aliphatic heterocycles. The van der Waals surface area contributed by atoms with Gasteiger partial charge in [-0.3, -0.25) is 57.5 Å². The molecule has 0 bridgehead atoms. The first-order valence-electron chi connectivity index (χ1n) is 31.2. The quantitative estimate of drug-likeness (QED) is 0.0668. The van der Waals surface area contributed by atoms with Crippen molar-refractivity contribution in [3.8, 4) is 0 Å². The average molecular weight is 1300 g/mol. The topological polar surface area (TPSA) is 467 Å². The number of allylic oxidation sites excluding steroid dienone is 2. The van der Waals surface area contributed by atoms with Crippen LogP contribution in [0, 0.1) is 5.92 Å². The molecule has 93 heavy (non-hydrogen) atoms. The largest absolute Gasteiger partial charge is 0.394 e. The number of aliphatic hydroxyl groups is 6. The van der Waals surface area contributed by atoms with Crippen molar-refractivity contribution in [2.45, 2.75) is 191 Å². The highest BCUT2D eigenvalue weighted by Gasteiger charge is 2.43. The van der Waals surface area contributed by atoms with E-state index in [0.29, 0.717) is 12.0 Å². The summed E-state index contributed by atoms with van der Waals surface area (Å²) in [5, 5.41) is 88.0. The SMILES string of the molecule is C/C=C1\NC(=O)[C@H](Cc2ccccc2)NC(=O)[C@@H]2CCCN2C(=O)CNC(=O)[C@H](CCC(N)=O)NC(=O)C(O)C(CC(O)CC(O)C(O)CC(C)C)NC(=O)[C@@H]2CCCN2C(=O)C(CCc2ccccc2)NC(=O)[C@H]([C@@H](C)O)NC(=O)/C(=C\C)NC(=O)[C@H](CO)NC1=O. The second-order valence-corrected chi connectivity index (χ2v) is 23.8. The first-order valence-corrected chi connectivity index (χ1v) is 31.2. The molecule has 0 aromatic heterocycles. The summed E-state index contributed by atoms with van der Waals surface area (Å²) in [6.07, 6.45) is -7.88. The van der Waals surface area contributed by atoms with E-state index in [2.05, 4.69) is 47.9 Å². The Kier molecular flexibility index (Phi) is 29.5. The molecule has 0 saturated carbocycles. The maximum Gasteiger partial charge on any atom is 0.268 e. The molecule has 17 N–H and O–H groups in total. The number of hydrogen-bond acceptors (Lipinski definition) is 18. The van der Waals surface area contributed by atoms with Crippen molar-refractivity contribution in [1.29, 1.82) is 0 Å². The first-order chi connectivity index (χ1) is 44.2. The Morgan fingerprint density at radius 3 is 1.70 bits per heavy atom. The Morgan fingerprint density at radius 1 is 0.602 bits per heavy atom. The number of primary amides is 1. The van der Waals surface area contributed by atoms with Gasteiger partial charge < -0.3 is 94.0 Å². The zero-order valence-electron chi connectivity index (χ0n) is 52.9. The number of nitrogens with one attached hydrogen (secondary N) is 9. The molecule has 2 aromatic carbocycles. The molecule has 5 rings (SSSR count). The van der Waals surface area contributed by atoms with Gasteiger partial charge in [0.05, 0.1) is 43.6 Å². The summed E-state index contributed by atoms with van der Waals surface area (Å²) in [5.41, 5.74) is 5.73. The summed E-state index contributed by atoms with van der Waals surface area (Å²) in [6, 6.07) is 4.50. The molecule has 3 heterocycles. The van der Waals surface area contributed by atoms with Crippen molar-refractivity contribution in [3.05, 3.63) is 95.3 Å². The summed E-state index contributed by atoms with van der Waals surface area (Å²) in [4.78, 5) is 170. The smallest absolute Gasteiger partial charge is 0.268 e. The standard InChI is InChI=1S/C63H90N12O18/c1-6-39-55(85)72-45(33-76)58(88)67-40(7-2)56(86)73-52(35(5)77)61(91)69-42(23-22-36-16-10-8-11-17-36)63(93)75-27-15-21-47(75)60(90)70-43(30-38(78)31-49(80)48(79)28-34(3)4)53(83)62(92)68-41(24-25-50(64)81)54(84)65-32-51(82)74-26-14-20-46(74)59(89)71-44(57(87)66-39)29-37-18-12-9-13-19-37/h6-13,16-19,34-35,38,41-49,52-53,76-80,83H,14-15,20-33H2,1-5H3,(H2,64,81)(H,65,84)(H,66,87)(H,67,88)(H,68,92)(H,69,91)(H,70,90)(H,71,89)(H,72,85)(H,73,86)/b39-6-,40-7+/t35-,38?,41+,42?,43?,44+,45+,46+,47+,48?,49?,52+,53?/m1/s1. The van der Waals surface area contributed by atoms with Crippen molar-refractivity contribution in [1.82, 2.24) is 57.7 Å². The van der Waals surface area contributed by atoms with Gasteiger partial charge in [-0.2, -0.15) is 0 Å². The normalized spacial score (nSPS) is 26.6. The zero-order valence-corrected chi connectivity index (χ0v) is 52.9. The van der Waals surface area contributed by atoms with Gasteiger partial charge in [0.2, 0.25) is 53.2 Å². The number of nitrogens with zero attached hydrogens (tertiary/aromatic N) is 2. The summed E-state index contributed by atoms with van der Waals surface area (Å²) >= 11 is 0. The molecular weight excluding hydrogens is 1210 g/mol. The lowest BCUT2D eigenvalue weighted by Crippen LogP contribution is -2.61. The van der Waals surface area contributed by atoms with Crippen LogP contribution in [-0.4, -0.2) is 216 Å². The Morgan fingerprint density at radius 2 is 1.13 bits per heavy atom. The van der Waals surface area contributed by atoms with Crippen molar-refractivity contribution in [2.24, 2.45) is 11.7 Å². The fourth-order valence-electron chi connectivity index (χ4n) is 11.1. The van der Waals surface area contributed by atoms with Crippen LogP contribution in [0.3, 0.4) is 0 Å². The van der Waals surface area contributed by atoms with E-state index in [4.69, 9.17) is 5.73 Å². The van der Waals surface area contributed by atoms with E-state index in [1.807, 2.05) is 0 Å². The van der Waals surface area contributed by atoms with Crippen molar-refractivity contribution in [2.75, 3.05) is 26.2 Å². The van der Waals surface area contributed by atoms with Gasteiger partial charge in [-0.15, -0.1) is 0 Å². The highest BCUT2D eigenvalue weighted by Crippen LogP contribution is 2.23. The molecule has 13 atom stereocenters. The van der Waals surface area contributed by atoms with Gasteiger partial charge in [-0.1, -0.05) is 86.7 Å². The molecule has 0 spiro atoms. The Hall–Kier alpha value is -8.68. The van der Waals surface area contributed by atoms with E-state index in [1.165, 1.54) is 19.9 Å². The highest BCUT2D eigenvalue weighted by molar-refractivity contribution is 6.04. The molecule has 0 radical (unpaired) electrons. The van der Waals surface area contributed by atoms with Crippen LogP contribution >= 0.6 is 0 Å². The molecule has 3 aliphatic rings. The molecular formula is C63H90N12O18. The van der Waals surface area contributed by atoms with E-state index in [9.17, 15) is 88.2 Å².